The van der Waals surface area contributed by atoms with Crippen molar-refractivity contribution in [2.45, 2.75) is 0 Å². The third-order valence-corrected chi connectivity index (χ3v) is 5.15. The highest BCUT2D eigenvalue weighted by molar-refractivity contribution is 5.95. The number of ketones is 1. The summed E-state index contributed by atoms with van der Waals surface area (Å²) in [5, 5.41) is 0. The fourth-order valence-electron chi connectivity index (χ4n) is 5.21. The van der Waals surface area contributed by atoms with E-state index in [1.54, 1.807) is 0 Å². The molecule has 6 rings (SSSR count). The average molecular weight is 132 g/mol. The molecule has 0 spiro atoms. The highest BCUT2D eigenvalue weighted by atomic mass is 16.1. The van der Waals surface area contributed by atoms with E-state index < -0.39 is 0 Å². The van der Waals surface area contributed by atoms with Crippen LogP contribution in [0.1, 0.15) is 0 Å². The van der Waals surface area contributed by atoms with Gasteiger partial charge < -0.3 is 0 Å². The Morgan fingerprint density at radius 2 is 1.10 bits per heavy atom. The minimum absolute atomic E-state index is 0.620. The average Bonchev–Trinajstić information content (AvgIpc) is 2.70. The van der Waals surface area contributed by atoms with Gasteiger partial charge in [-0.05, 0) is 35.5 Å². The van der Waals surface area contributed by atoms with Gasteiger partial charge in [-0.15, -0.1) is 0 Å². The first-order chi connectivity index (χ1) is 4.91. The Balaban J connectivity index is 2.00. The van der Waals surface area contributed by atoms with Crippen molar-refractivity contribution >= 4 is 5.78 Å². The Morgan fingerprint density at radius 3 is 1.40 bits per heavy atom. The topological polar surface area (TPSA) is 17.1 Å². The normalized spacial score (nSPS) is 90.2. The van der Waals surface area contributed by atoms with Crippen LogP contribution in [0.2, 0.25) is 0 Å². The molecule has 0 saturated heterocycles. The number of carbonyl (C=O) groups is 1. The lowest BCUT2D eigenvalue weighted by Gasteiger charge is -2.01. The van der Waals surface area contributed by atoms with Crippen molar-refractivity contribution < 1.29 is 4.79 Å². The van der Waals surface area contributed by atoms with Gasteiger partial charge in [0.25, 0.3) is 0 Å². The fraction of sp³-hybridized carbons (Fsp3) is 0.889. The molecule has 4 unspecified atom stereocenters. The summed E-state index contributed by atoms with van der Waals surface area (Å²) in [6.45, 7) is 0. The van der Waals surface area contributed by atoms with Gasteiger partial charge in [0.2, 0.25) is 0 Å². The smallest absolute Gasteiger partial charge is 0.140 e. The van der Waals surface area contributed by atoms with Crippen molar-refractivity contribution in [3.05, 3.63) is 0 Å². The molecule has 0 aromatic rings. The molecule has 0 aromatic heterocycles. The Morgan fingerprint density at radius 1 is 0.700 bits per heavy atom. The van der Waals surface area contributed by atoms with Gasteiger partial charge >= 0.3 is 0 Å². The molecule has 0 radical (unpaired) electrons. The molecule has 2 bridgehead atoms. The number of Topliss-reactive ketones (excluding diaryl/α,β-unsaturated/α-hetero) is 1. The molecular weight excluding hydrogens is 124 g/mol. The standard InChI is InChI=1S/C9H8O/c10-9-7-3-1-2-5(7)6(2)8(9)4(1)3/h1-8H. The van der Waals surface area contributed by atoms with Crippen molar-refractivity contribution in [3.8, 4) is 0 Å². The molecule has 6 fully saturated rings. The van der Waals surface area contributed by atoms with Gasteiger partial charge in [-0.25, -0.2) is 0 Å². The van der Waals surface area contributed by atoms with Gasteiger partial charge in [-0.1, -0.05) is 0 Å². The van der Waals surface area contributed by atoms with E-state index >= 15 is 0 Å². The lowest BCUT2D eigenvalue weighted by molar-refractivity contribution is -0.123. The first kappa shape index (κ1) is 3.89. The zero-order chi connectivity index (χ0) is 6.20. The van der Waals surface area contributed by atoms with Crippen LogP contribution in [0.4, 0.5) is 0 Å². The second-order valence-electron chi connectivity index (χ2n) is 4.92. The second kappa shape index (κ2) is 0.717. The molecule has 0 N–H and O–H groups in total. The molecule has 0 amide bonds. The number of hydrogen-bond acceptors (Lipinski definition) is 1. The number of carbonyl (C=O) groups excluding carboxylic acids is 1. The Labute approximate surface area is 58.8 Å². The molecule has 1 nitrogen and oxygen atoms in total. The van der Waals surface area contributed by atoms with E-state index in [0.717, 1.165) is 35.5 Å². The number of rotatable bonds is 0. The first-order valence-electron chi connectivity index (χ1n) is 4.45. The third kappa shape index (κ3) is 0.150. The van der Waals surface area contributed by atoms with Crippen LogP contribution in [0.5, 0.6) is 0 Å². The largest absolute Gasteiger partial charge is 0.299 e. The zero-order valence-electron chi connectivity index (χ0n) is 5.53. The van der Waals surface area contributed by atoms with Gasteiger partial charge in [-0.2, -0.15) is 0 Å². The van der Waals surface area contributed by atoms with Gasteiger partial charge in [0.1, 0.15) is 5.78 Å². The van der Waals surface area contributed by atoms with Crippen LogP contribution in [-0.2, 0) is 4.79 Å². The van der Waals surface area contributed by atoms with Crippen molar-refractivity contribution in [1.82, 2.24) is 0 Å². The van der Waals surface area contributed by atoms with E-state index in [9.17, 15) is 4.79 Å². The molecule has 6 saturated carbocycles. The Kier molecular flexibility index (Phi) is 0.279. The van der Waals surface area contributed by atoms with Crippen LogP contribution in [0, 0.1) is 47.3 Å². The molecular formula is C9H8O. The molecule has 6 aliphatic rings. The van der Waals surface area contributed by atoms with Crippen molar-refractivity contribution in [2.24, 2.45) is 47.3 Å². The summed E-state index contributed by atoms with van der Waals surface area (Å²) in [7, 11) is 0. The quantitative estimate of drug-likeness (QED) is 0.470. The Hall–Kier alpha value is -0.330. The molecule has 50 valence electrons. The third-order valence-electron chi connectivity index (χ3n) is 5.15. The predicted octanol–water partition coefficient (Wildman–Crippen LogP) is 0.553. The molecule has 10 heavy (non-hydrogen) atoms. The molecule has 4 atom stereocenters. The van der Waals surface area contributed by atoms with Crippen molar-refractivity contribution in [2.75, 3.05) is 0 Å². The van der Waals surface area contributed by atoms with Gasteiger partial charge in [0, 0.05) is 11.8 Å². The van der Waals surface area contributed by atoms with Crippen LogP contribution in [0.3, 0.4) is 0 Å². The van der Waals surface area contributed by atoms with E-state index in [0.29, 0.717) is 17.6 Å². The Bertz CT molecular complexity index is 247. The second-order valence-corrected chi connectivity index (χ2v) is 4.92. The fourth-order valence-corrected chi connectivity index (χ4v) is 5.21. The van der Waals surface area contributed by atoms with Crippen LogP contribution in [0.25, 0.3) is 0 Å². The highest BCUT2D eigenvalue weighted by Gasteiger charge is 2.93. The van der Waals surface area contributed by atoms with E-state index in [4.69, 9.17) is 0 Å². The van der Waals surface area contributed by atoms with E-state index in [-0.39, 0.29) is 0 Å². The summed E-state index contributed by atoms with van der Waals surface area (Å²) in [4.78, 5) is 11.5. The molecule has 0 heterocycles. The van der Waals surface area contributed by atoms with Crippen LogP contribution < -0.4 is 0 Å². The monoisotopic (exact) mass is 132 g/mol. The van der Waals surface area contributed by atoms with E-state index in [2.05, 4.69) is 0 Å². The van der Waals surface area contributed by atoms with Crippen LogP contribution in [0.15, 0.2) is 0 Å². The lowest BCUT2D eigenvalue weighted by atomic mass is 10.0. The summed E-state index contributed by atoms with van der Waals surface area (Å²) >= 11 is 0. The molecule has 1 heteroatoms. The van der Waals surface area contributed by atoms with Gasteiger partial charge in [0.05, 0.1) is 0 Å². The highest BCUT2D eigenvalue weighted by Crippen LogP contribution is 2.93. The minimum atomic E-state index is 0.620. The van der Waals surface area contributed by atoms with Gasteiger partial charge in [0.15, 0.2) is 0 Å². The lowest BCUT2D eigenvalue weighted by Crippen LogP contribution is -2.10. The van der Waals surface area contributed by atoms with Crippen molar-refractivity contribution in [1.29, 1.82) is 0 Å². The van der Waals surface area contributed by atoms with Crippen LogP contribution >= 0.6 is 0 Å². The maximum absolute atomic E-state index is 11.5. The maximum atomic E-state index is 11.5. The zero-order valence-corrected chi connectivity index (χ0v) is 5.53. The van der Waals surface area contributed by atoms with Gasteiger partial charge in [-0.3, -0.25) is 4.79 Å². The minimum Gasteiger partial charge on any atom is -0.299 e. The summed E-state index contributed by atoms with van der Waals surface area (Å²) in [5.41, 5.74) is 0. The predicted molar refractivity (Wildman–Crippen MR) is 32.9 cm³/mol. The summed E-state index contributed by atoms with van der Waals surface area (Å²) in [5.74, 6) is 7.87. The van der Waals surface area contributed by atoms with E-state index in [1.807, 2.05) is 0 Å². The summed E-state index contributed by atoms with van der Waals surface area (Å²) < 4.78 is 0. The maximum Gasteiger partial charge on any atom is 0.140 e. The SMILES string of the molecule is O=C1C2C3C4C1C1C2C1C34. The number of hydrogen-bond donors (Lipinski definition) is 0. The summed E-state index contributed by atoms with van der Waals surface area (Å²) in [6, 6.07) is 0. The van der Waals surface area contributed by atoms with Crippen molar-refractivity contribution in [3.63, 3.8) is 0 Å². The molecule has 6 aliphatic carbocycles. The van der Waals surface area contributed by atoms with Crippen LogP contribution in [-0.4, -0.2) is 5.78 Å². The van der Waals surface area contributed by atoms with E-state index in [1.165, 1.54) is 0 Å². The first-order valence-corrected chi connectivity index (χ1v) is 4.45. The summed E-state index contributed by atoms with van der Waals surface area (Å²) in [6.07, 6.45) is 0. The molecule has 0 aliphatic heterocycles. The molecule has 0 aromatic carbocycles.